The maximum atomic E-state index is 5.82. The maximum absolute atomic E-state index is 5.82. The third-order valence-electron chi connectivity index (χ3n) is 3.64. The Kier molecular flexibility index (Phi) is 3.82. The Morgan fingerprint density at radius 2 is 1.96 bits per heavy atom. The molecule has 3 aromatic heterocycles. The van der Waals surface area contributed by atoms with E-state index in [0.717, 1.165) is 17.0 Å². The molecule has 0 N–H and O–H groups in total. The van der Waals surface area contributed by atoms with Crippen LogP contribution in [0.1, 0.15) is 17.0 Å². The van der Waals surface area contributed by atoms with E-state index in [2.05, 4.69) is 34.0 Å². The Morgan fingerprint density at radius 1 is 1.04 bits per heavy atom. The summed E-state index contributed by atoms with van der Waals surface area (Å²) in [5.41, 5.74) is 4.38. The van der Waals surface area contributed by atoms with Crippen molar-refractivity contribution in [2.45, 2.75) is 24.8 Å². The minimum atomic E-state index is 0.586. The molecule has 1 aromatic carbocycles. The first kappa shape index (κ1) is 15.0. The zero-order chi connectivity index (χ0) is 16.5. The van der Waals surface area contributed by atoms with Crippen LogP contribution in [0.4, 0.5) is 0 Å². The fourth-order valence-corrected chi connectivity index (χ4v) is 3.23. The van der Waals surface area contributed by atoms with Crippen LogP contribution in [0.5, 0.6) is 0 Å². The molecule has 4 aromatic rings. The van der Waals surface area contributed by atoms with Crippen molar-refractivity contribution in [2.75, 3.05) is 0 Å². The van der Waals surface area contributed by atoms with Gasteiger partial charge in [-0.25, -0.2) is 9.97 Å². The van der Waals surface area contributed by atoms with Crippen LogP contribution in [0, 0.1) is 13.8 Å². The standard InChI is InChI=1S/C18H15N3O2S/c1-11-5-3-6-13(9-11)17-20-14(12(2)22-17)10-24-18-21-16-15(23-18)7-4-8-19-16/h3-9H,10H2,1-2H3. The predicted octanol–water partition coefficient (Wildman–Crippen LogP) is 4.79. The molecule has 0 fully saturated rings. The first-order chi connectivity index (χ1) is 11.7. The second kappa shape index (κ2) is 6.13. The average Bonchev–Trinajstić information content (AvgIpc) is 3.16. The molecule has 0 saturated carbocycles. The molecule has 0 saturated heterocycles. The molecule has 0 unspecified atom stereocenters. The molecule has 6 heteroatoms. The Balaban J connectivity index is 1.54. The first-order valence-electron chi connectivity index (χ1n) is 7.57. The highest BCUT2D eigenvalue weighted by atomic mass is 32.2. The number of benzene rings is 1. The lowest BCUT2D eigenvalue weighted by atomic mass is 10.1. The lowest BCUT2D eigenvalue weighted by molar-refractivity contribution is 0.489. The second-order valence-electron chi connectivity index (χ2n) is 5.48. The van der Waals surface area contributed by atoms with Gasteiger partial charge in [-0.2, -0.15) is 4.98 Å². The highest BCUT2D eigenvalue weighted by Crippen LogP contribution is 2.28. The summed E-state index contributed by atoms with van der Waals surface area (Å²) in [7, 11) is 0. The van der Waals surface area contributed by atoms with E-state index in [4.69, 9.17) is 8.83 Å². The van der Waals surface area contributed by atoms with Gasteiger partial charge in [-0.1, -0.05) is 29.5 Å². The van der Waals surface area contributed by atoms with E-state index in [0.29, 0.717) is 28.1 Å². The van der Waals surface area contributed by atoms with Gasteiger partial charge in [0, 0.05) is 17.5 Å². The summed E-state index contributed by atoms with van der Waals surface area (Å²) >= 11 is 1.48. The Labute approximate surface area is 143 Å². The topological polar surface area (TPSA) is 65.0 Å². The van der Waals surface area contributed by atoms with E-state index in [1.54, 1.807) is 6.20 Å². The zero-order valence-corrected chi connectivity index (χ0v) is 14.1. The smallest absolute Gasteiger partial charge is 0.258 e. The Morgan fingerprint density at radius 3 is 2.79 bits per heavy atom. The average molecular weight is 337 g/mol. The molecule has 120 valence electrons. The van der Waals surface area contributed by atoms with Gasteiger partial charge in [-0.15, -0.1) is 0 Å². The quantitative estimate of drug-likeness (QED) is 0.499. The lowest BCUT2D eigenvalue weighted by Crippen LogP contribution is -1.85. The molecular formula is C18H15N3O2S. The molecule has 0 radical (unpaired) electrons. The molecule has 0 aliphatic rings. The fourth-order valence-electron chi connectivity index (χ4n) is 2.40. The van der Waals surface area contributed by atoms with E-state index in [1.807, 2.05) is 31.2 Å². The van der Waals surface area contributed by atoms with Crippen LogP contribution in [0.2, 0.25) is 0 Å². The molecule has 0 aliphatic carbocycles. The van der Waals surface area contributed by atoms with Crippen molar-refractivity contribution in [3.63, 3.8) is 0 Å². The fraction of sp³-hybridized carbons (Fsp3) is 0.167. The summed E-state index contributed by atoms with van der Waals surface area (Å²) in [6, 6.07) is 11.8. The van der Waals surface area contributed by atoms with E-state index in [-0.39, 0.29) is 0 Å². The summed E-state index contributed by atoms with van der Waals surface area (Å²) < 4.78 is 11.5. The van der Waals surface area contributed by atoms with Gasteiger partial charge < -0.3 is 8.83 Å². The van der Waals surface area contributed by atoms with E-state index in [1.165, 1.54) is 17.3 Å². The molecule has 0 atom stereocenters. The Bertz CT molecular complexity index is 973. The third kappa shape index (κ3) is 2.92. The lowest BCUT2D eigenvalue weighted by Gasteiger charge is -1.96. The predicted molar refractivity (Wildman–Crippen MR) is 92.8 cm³/mol. The largest absolute Gasteiger partial charge is 0.441 e. The second-order valence-corrected chi connectivity index (χ2v) is 6.41. The highest BCUT2D eigenvalue weighted by Gasteiger charge is 2.14. The number of nitrogens with zero attached hydrogens (tertiary/aromatic N) is 3. The van der Waals surface area contributed by atoms with Crippen molar-refractivity contribution in [2.24, 2.45) is 0 Å². The molecule has 0 amide bonds. The van der Waals surface area contributed by atoms with Gasteiger partial charge >= 0.3 is 0 Å². The van der Waals surface area contributed by atoms with Crippen LogP contribution >= 0.6 is 11.8 Å². The summed E-state index contributed by atoms with van der Waals surface area (Å²) in [5.74, 6) is 2.09. The third-order valence-corrected chi connectivity index (χ3v) is 4.47. The van der Waals surface area contributed by atoms with Crippen molar-refractivity contribution < 1.29 is 8.83 Å². The molecule has 5 nitrogen and oxygen atoms in total. The normalized spacial score (nSPS) is 11.2. The maximum Gasteiger partial charge on any atom is 0.258 e. The molecule has 4 rings (SSSR count). The van der Waals surface area contributed by atoms with Crippen molar-refractivity contribution in [3.8, 4) is 11.5 Å². The van der Waals surface area contributed by atoms with Gasteiger partial charge in [0.25, 0.3) is 5.22 Å². The number of hydrogen-bond donors (Lipinski definition) is 0. The number of aromatic nitrogens is 3. The van der Waals surface area contributed by atoms with Crippen molar-refractivity contribution in [1.82, 2.24) is 15.0 Å². The Hall–Kier alpha value is -2.60. The van der Waals surface area contributed by atoms with Gasteiger partial charge in [-0.3, -0.25) is 0 Å². The first-order valence-corrected chi connectivity index (χ1v) is 8.55. The number of aryl methyl sites for hydroxylation is 2. The van der Waals surface area contributed by atoms with E-state index < -0.39 is 0 Å². The van der Waals surface area contributed by atoms with E-state index in [9.17, 15) is 0 Å². The molecule has 0 spiro atoms. The number of hydrogen-bond acceptors (Lipinski definition) is 6. The van der Waals surface area contributed by atoms with Gasteiger partial charge in [0.05, 0.1) is 5.69 Å². The van der Waals surface area contributed by atoms with Crippen LogP contribution in [0.25, 0.3) is 22.7 Å². The SMILES string of the molecule is Cc1cccc(-c2nc(CSc3nc4ncccc4o3)c(C)o2)c1. The van der Waals surface area contributed by atoms with Gasteiger partial charge in [0.2, 0.25) is 5.89 Å². The van der Waals surface area contributed by atoms with Crippen LogP contribution in [0.3, 0.4) is 0 Å². The highest BCUT2D eigenvalue weighted by molar-refractivity contribution is 7.98. The van der Waals surface area contributed by atoms with Gasteiger partial charge in [-0.05, 0) is 38.1 Å². The number of pyridine rings is 1. The number of oxazole rings is 2. The molecule has 3 heterocycles. The van der Waals surface area contributed by atoms with Crippen LogP contribution < -0.4 is 0 Å². The van der Waals surface area contributed by atoms with E-state index >= 15 is 0 Å². The van der Waals surface area contributed by atoms with Crippen molar-refractivity contribution in [1.29, 1.82) is 0 Å². The van der Waals surface area contributed by atoms with Crippen LogP contribution in [-0.4, -0.2) is 15.0 Å². The molecule has 0 bridgehead atoms. The summed E-state index contributed by atoms with van der Waals surface area (Å²) in [4.78, 5) is 13.2. The molecule has 24 heavy (non-hydrogen) atoms. The summed E-state index contributed by atoms with van der Waals surface area (Å²) in [5, 5.41) is 0.586. The van der Waals surface area contributed by atoms with Gasteiger partial charge in [0.15, 0.2) is 11.2 Å². The summed E-state index contributed by atoms with van der Waals surface area (Å²) in [6.45, 7) is 3.98. The minimum absolute atomic E-state index is 0.586. The molecular weight excluding hydrogens is 322 g/mol. The van der Waals surface area contributed by atoms with Crippen LogP contribution in [0.15, 0.2) is 56.7 Å². The monoisotopic (exact) mass is 337 g/mol. The van der Waals surface area contributed by atoms with Crippen molar-refractivity contribution in [3.05, 3.63) is 59.6 Å². The molecule has 0 aliphatic heterocycles. The van der Waals surface area contributed by atoms with Gasteiger partial charge in [0.1, 0.15) is 5.76 Å². The number of fused-ring (bicyclic) bond motifs is 1. The van der Waals surface area contributed by atoms with Crippen molar-refractivity contribution >= 4 is 23.0 Å². The number of thioether (sulfide) groups is 1. The number of rotatable bonds is 4. The zero-order valence-electron chi connectivity index (χ0n) is 13.3. The van der Waals surface area contributed by atoms with Crippen LogP contribution in [-0.2, 0) is 5.75 Å². The summed E-state index contributed by atoms with van der Waals surface area (Å²) in [6.07, 6.45) is 1.70. The minimum Gasteiger partial charge on any atom is -0.441 e.